The number of nitrogens with one attached hydrogen (secondary N) is 1. The molecule has 1 aromatic heterocycles. The van der Waals surface area contributed by atoms with Crippen LogP contribution in [-0.4, -0.2) is 37.5 Å². The van der Waals surface area contributed by atoms with Gasteiger partial charge in [0.2, 0.25) is 0 Å². The maximum atomic E-state index is 12.2. The van der Waals surface area contributed by atoms with Gasteiger partial charge in [0, 0.05) is 17.8 Å². The zero-order valence-electron chi connectivity index (χ0n) is 14.2. The lowest BCUT2D eigenvalue weighted by Gasteiger charge is -2.20. The fourth-order valence-corrected chi connectivity index (χ4v) is 5.53. The van der Waals surface area contributed by atoms with Gasteiger partial charge in [0.25, 0.3) is 11.2 Å². The SMILES string of the molecule is Cc1cn([C@@H]2O[C@H](CO)CC2SSc2ccccc2[N+](=O)[O-])c(=O)[nH]c1=O. The van der Waals surface area contributed by atoms with Gasteiger partial charge < -0.3 is 9.84 Å². The number of ether oxygens (including phenoxy) is 1. The van der Waals surface area contributed by atoms with Crippen molar-refractivity contribution in [2.75, 3.05) is 6.61 Å². The summed E-state index contributed by atoms with van der Waals surface area (Å²) in [4.78, 5) is 37.2. The molecule has 1 aromatic carbocycles. The molecule has 0 saturated carbocycles. The summed E-state index contributed by atoms with van der Waals surface area (Å²) < 4.78 is 7.07. The van der Waals surface area contributed by atoms with Crippen LogP contribution in [0.25, 0.3) is 0 Å². The first-order valence-corrected chi connectivity index (χ1v) is 10.3. The quantitative estimate of drug-likeness (QED) is 0.419. The molecule has 1 aliphatic heterocycles. The van der Waals surface area contributed by atoms with E-state index in [0.717, 1.165) is 0 Å². The van der Waals surface area contributed by atoms with Crippen molar-refractivity contribution in [3.8, 4) is 0 Å². The summed E-state index contributed by atoms with van der Waals surface area (Å²) in [5.74, 6) is 0. The summed E-state index contributed by atoms with van der Waals surface area (Å²) in [5, 5.41) is 20.4. The van der Waals surface area contributed by atoms with E-state index in [1.807, 2.05) is 0 Å². The Balaban J connectivity index is 1.85. The molecule has 11 heteroatoms. The zero-order valence-corrected chi connectivity index (χ0v) is 15.9. The summed E-state index contributed by atoms with van der Waals surface area (Å²) in [6, 6.07) is 6.39. The Labute approximate surface area is 161 Å². The van der Waals surface area contributed by atoms with E-state index in [2.05, 4.69) is 4.98 Å². The van der Waals surface area contributed by atoms with Crippen molar-refractivity contribution in [1.82, 2.24) is 9.55 Å². The van der Waals surface area contributed by atoms with Gasteiger partial charge in [-0.3, -0.25) is 24.5 Å². The molecule has 3 atom stereocenters. The average molecular weight is 411 g/mol. The molecule has 0 radical (unpaired) electrons. The van der Waals surface area contributed by atoms with Crippen LogP contribution in [0, 0.1) is 17.0 Å². The third-order valence-corrected chi connectivity index (χ3v) is 6.95. The summed E-state index contributed by atoms with van der Waals surface area (Å²) >= 11 is 0. The number of nitro groups is 1. The van der Waals surface area contributed by atoms with Crippen LogP contribution in [0.4, 0.5) is 5.69 Å². The highest BCUT2D eigenvalue weighted by atomic mass is 33.1. The van der Waals surface area contributed by atoms with Gasteiger partial charge in [0.15, 0.2) is 6.23 Å². The predicted octanol–water partition coefficient (Wildman–Crippen LogP) is 1.84. The second-order valence-electron chi connectivity index (χ2n) is 5.99. The van der Waals surface area contributed by atoms with Crippen molar-refractivity contribution in [2.45, 2.75) is 35.8 Å². The highest BCUT2D eigenvalue weighted by molar-refractivity contribution is 8.77. The standard InChI is InChI=1S/C16H17N3O6S2/c1-9-7-18(16(22)17-14(9)21)15-13(6-10(8-20)25-15)27-26-12-5-3-2-4-11(12)19(23)24/h2-5,7,10,13,15,20H,6,8H2,1H3,(H,17,21,22)/t10-,13?,15+/m0/s1. The molecule has 2 aromatic rings. The topological polar surface area (TPSA) is 127 Å². The van der Waals surface area contributed by atoms with Crippen LogP contribution >= 0.6 is 21.6 Å². The van der Waals surface area contributed by atoms with Crippen LogP contribution in [0.3, 0.4) is 0 Å². The Morgan fingerprint density at radius 1 is 1.41 bits per heavy atom. The molecule has 9 nitrogen and oxygen atoms in total. The number of rotatable bonds is 6. The van der Waals surface area contributed by atoms with Crippen LogP contribution in [0.15, 0.2) is 44.9 Å². The lowest BCUT2D eigenvalue weighted by Crippen LogP contribution is -2.35. The largest absolute Gasteiger partial charge is 0.394 e. The van der Waals surface area contributed by atoms with E-state index in [-0.39, 0.29) is 17.5 Å². The molecular formula is C16H17N3O6S2. The maximum Gasteiger partial charge on any atom is 0.330 e. The first-order chi connectivity index (χ1) is 12.9. The molecule has 1 unspecified atom stereocenters. The van der Waals surface area contributed by atoms with Gasteiger partial charge in [0.1, 0.15) is 0 Å². The summed E-state index contributed by atoms with van der Waals surface area (Å²) in [5.41, 5.74) is -0.705. The van der Waals surface area contributed by atoms with E-state index in [4.69, 9.17) is 4.74 Å². The molecule has 0 spiro atoms. The monoisotopic (exact) mass is 411 g/mol. The number of para-hydroxylation sites is 1. The molecule has 2 N–H and O–H groups in total. The molecule has 144 valence electrons. The third kappa shape index (κ3) is 4.26. The molecular weight excluding hydrogens is 394 g/mol. The van der Waals surface area contributed by atoms with Crippen molar-refractivity contribution < 1.29 is 14.8 Å². The number of aromatic nitrogens is 2. The molecule has 0 aliphatic carbocycles. The fraction of sp³-hybridized carbons (Fsp3) is 0.375. The average Bonchev–Trinajstić information content (AvgIpc) is 3.06. The number of nitro benzene ring substituents is 1. The van der Waals surface area contributed by atoms with E-state index in [1.165, 1.54) is 38.4 Å². The van der Waals surface area contributed by atoms with E-state index < -0.39 is 28.5 Å². The van der Waals surface area contributed by atoms with Gasteiger partial charge in [0.05, 0.1) is 27.8 Å². The summed E-state index contributed by atoms with van der Waals surface area (Å²) in [6.45, 7) is 1.37. The van der Waals surface area contributed by atoms with Crippen LogP contribution in [0.5, 0.6) is 0 Å². The highest BCUT2D eigenvalue weighted by Crippen LogP contribution is 2.46. The molecule has 1 aliphatic rings. The Kier molecular flexibility index (Phi) is 6.05. The number of aliphatic hydroxyl groups excluding tert-OH is 1. The number of benzene rings is 1. The number of hydrogen-bond donors (Lipinski definition) is 2. The minimum atomic E-state index is -0.703. The fourth-order valence-electron chi connectivity index (χ4n) is 2.73. The van der Waals surface area contributed by atoms with Gasteiger partial charge in [-0.1, -0.05) is 33.7 Å². The Morgan fingerprint density at radius 2 is 2.15 bits per heavy atom. The first kappa shape index (κ1) is 19.7. The number of aromatic amines is 1. The van der Waals surface area contributed by atoms with Gasteiger partial charge in [-0.15, -0.1) is 0 Å². The normalized spacial score (nSPS) is 22.1. The van der Waals surface area contributed by atoms with Crippen molar-refractivity contribution >= 4 is 27.3 Å². The van der Waals surface area contributed by atoms with E-state index >= 15 is 0 Å². The minimum Gasteiger partial charge on any atom is -0.394 e. The second kappa shape index (κ2) is 8.30. The van der Waals surface area contributed by atoms with Crippen molar-refractivity contribution in [3.05, 3.63) is 67.0 Å². The Bertz CT molecular complexity index is 960. The van der Waals surface area contributed by atoms with Gasteiger partial charge in [-0.2, -0.15) is 0 Å². The minimum absolute atomic E-state index is 0.00114. The molecule has 1 fully saturated rings. The molecule has 3 rings (SSSR count). The number of aryl methyl sites for hydroxylation is 1. The number of aliphatic hydroxyl groups is 1. The van der Waals surface area contributed by atoms with Crippen LogP contribution in [-0.2, 0) is 4.74 Å². The molecule has 1 saturated heterocycles. The lowest BCUT2D eigenvalue weighted by atomic mass is 10.2. The first-order valence-electron chi connectivity index (χ1n) is 8.06. The van der Waals surface area contributed by atoms with Crippen LogP contribution in [0.1, 0.15) is 18.2 Å². The number of nitrogens with zero attached hydrogens (tertiary/aromatic N) is 2. The highest BCUT2D eigenvalue weighted by Gasteiger charge is 2.38. The van der Waals surface area contributed by atoms with Gasteiger partial charge in [-0.05, 0) is 19.4 Å². The zero-order chi connectivity index (χ0) is 19.6. The molecule has 2 heterocycles. The molecule has 0 bridgehead atoms. The van der Waals surface area contributed by atoms with Crippen molar-refractivity contribution in [2.24, 2.45) is 0 Å². The van der Waals surface area contributed by atoms with E-state index in [9.17, 15) is 24.8 Å². The van der Waals surface area contributed by atoms with Crippen molar-refractivity contribution in [3.63, 3.8) is 0 Å². The molecule has 0 amide bonds. The Morgan fingerprint density at radius 3 is 2.85 bits per heavy atom. The smallest absolute Gasteiger partial charge is 0.330 e. The third-order valence-electron chi connectivity index (χ3n) is 4.09. The van der Waals surface area contributed by atoms with E-state index in [1.54, 1.807) is 25.1 Å². The second-order valence-corrected chi connectivity index (χ2v) is 8.47. The van der Waals surface area contributed by atoms with Gasteiger partial charge in [-0.25, -0.2) is 4.79 Å². The maximum absolute atomic E-state index is 12.2. The van der Waals surface area contributed by atoms with Gasteiger partial charge >= 0.3 is 5.69 Å². The van der Waals surface area contributed by atoms with Crippen molar-refractivity contribution in [1.29, 1.82) is 0 Å². The molecule has 27 heavy (non-hydrogen) atoms. The predicted molar refractivity (Wildman–Crippen MR) is 102 cm³/mol. The lowest BCUT2D eigenvalue weighted by molar-refractivity contribution is -0.387. The van der Waals surface area contributed by atoms with Crippen LogP contribution in [0.2, 0.25) is 0 Å². The number of hydrogen-bond acceptors (Lipinski definition) is 8. The Hall–Kier alpha value is -2.08. The van der Waals surface area contributed by atoms with Crippen LogP contribution < -0.4 is 11.2 Å². The summed E-state index contributed by atoms with van der Waals surface area (Å²) in [6.07, 6.45) is 0.724. The van der Waals surface area contributed by atoms with E-state index in [0.29, 0.717) is 16.9 Å². The summed E-state index contributed by atoms with van der Waals surface area (Å²) in [7, 11) is 2.56. The number of H-pyrrole nitrogens is 1.